The summed E-state index contributed by atoms with van der Waals surface area (Å²) in [6, 6.07) is 7.55. The Bertz CT molecular complexity index is 529. The Morgan fingerprint density at radius 3 is 2.35 bits per heavy atom. The van der Waals surface area contributed by atoms with Gasteiger partial charge >= 0.3 is 0 Å². The van der Waals surface area contributed by atoms with E-state index >= 15 is 0 Å². The normalized spacial score (nSPS) is 10.1. The fraction of sp³-hybridized carbons (Fsp3) is 0.154. The Morgan fingerprint density at radius 2 is 1.71 bits per heavy atom. The van der Waals surface area contributed by atoms with Crippen LogP contribution < -0.4 is 9.47 Å². The number of methoxy groups -OCH3 is 2. The van der Waals surface area contributed by atoms with Crippen LogP contribution >= 0.6 is 11.6 Å². The highest BCUT2D eigenvalue weighted by Crippen LogP contribution is 2.32. The van der Waals surface area contributed by atoms with Gasteiger partial charge in [0.05, 0.1) is 19.2 Å². The first kappa shape index (κ1) is 11.7. The van der Waals surface area contributed by atoms with Crippen molar-refractivity contribution in [2.45, 2.75) is 0 Å². The number of hydrogen-bond donors (Lipinski definition) is 0. The van der Waals surface area contributed by atoms with E-state index in [0.717, 1.165) is 11.1 Å². The van der Waals surface area contributed by atoms with Crippen LogP contribution in [0.5, 0.6) is 11.5 Å². The minimum Gasteiger partial charge on any atom is -0.493 e. The summed E-state index contributed by atoms with van der Waals surface area (Å²) in [6.45, 7) is 0. The van der Waals surface area contributed by atoms with E-state index in [1.807, 2.05) is 24.3 Å². The van der Waals surface area contributed by atoms with Crippen molar-refractivity contribution in [3.63, 3.8) is 0 Å². The highest BCUT2D eigenvalue weighted by molar-refractivity contribution is 6.30. The largest absolute Gasteiger partial charge is 0.493 e. The van der Waals surface area contributed by atoms with Crippen LogP contribution in [-0.4, -0.2) is 19.2 Å². The molecule has 0 spiro atoms. The molecule has 0 saturated carbocycles. The lowest BCUT2D eigenvalue weighted by Gasteiger charge is -2.09. The van der Waals surface area contributed by atoms with Gasteiger partial charge < -0.3 is 9.47 Å². The predicted molar refractivity (Wildman–Crippen MR) is 67.8 cm³/mol. The molecule has 0 amide bonds. The van der Waals surface area contributed by atoms with E-state index in [9.17, 15) is 0 Å². The van der Waals surface area contributed by atoms with Gasteiger partial charge in [-0.2, -0.15) is 0 Å². The summed E-state index contributed by atoms with van der Waals surface area (Å²) in [5, 5.41) is 0.609. The molecule has 0 aliphatic rings. The van der Waals surface area contributed by atoms with E-state index in [4.69, 9.17) is 21.1 Å². The summed E-state index contributed by atoms with van der Waals surface area (Å²) in [5.74, 6) is 1.39. The Morgan fingerprint density at radius 1 is 0.941 bits per heavy atom. The van der Waals surface area contributed by atoms with Crippen molar-refractivity contribution < 1.29 is 9.47 Å². The van der Waals surface area contributed by atoms with Gasteiger partial charge in [-0.3, -0.25) is 4.98 Å². The van der Waals surface area contributed by atoms with Crippen molar-refractivity contribution in [2.75, 3.05) is 14.2 Å². The molecule has 4 heteroatoms. The minimum absolute atomic E-state index is 0.609. The molecular formula is C13H12ClNO2. The number of halogens is 1. The number of benzene rings is 1. The van der Waals surface area contributed by atoms with Crippen LogP contribution in [0.4, 0.5) is 0 Å². The van der Waals surface area contributed by atoms with Gasteiger partial charge in [-0.05, 0) is 23.8 Å². The maximum absolute atomic E-state index is 5.91. The molecule has 0 aliphatic heterocycles. The summed E-state index contributed by atoms with van der Waals surface area (Å²) in [7, 11) is 3.22. The Kier molecular flexibility index (Phi) is 3.49. The zero-order valence-corrected chi connectivity index (χ0v) is 10.4. The topological polar surface area (TPSA) is 31.4 Å². The fourth-order valence-electron chi connectivity index (χ4n) is 1.59. The van der Waals surface area contributed by atoms with Crippen LogP contribution in [0.15, 0.2) is 36.7 Å². The molecule has 0 N–H and O–H groups in total. The molecule has 0 atom stereocenters. The molecule has 0 bridgehead atoms. The SMILES string of the molecule is COc1ccc(-c2cncc(Cl)c2)cc1OC. The van der Waals surface area contributed by atoms with Crippen molar-refractivity contribution >= 4 is 11.6 Å². The molecule has 17 heavy (non-hydrogen) atoms. The highest BCUT2D eigenvalue weighted by atomic mass is 35.5. The van der Waals surface area contributed by atoms with Crippen molar-refractivity contribution in [1.82, 2.24) is 4.98 Å². The van der Waals surface area contributed by atoms with Gasteiger partial charge in [-0.1, -0.05) is 17.7 Å². The second-order valence-corrected chi connectivity index (χ2v) is 3.90. The highest BCUT2D eigenvalue weighted by Gasteiger charge is 2.06. The molecule has 1 aromatic carbocycles. The average Bonchev–Trinajstić information content (AvgIpc) is 2.38. The summed E-state index contributed by atoms with van der Waals surface area (Å²) < 4.78 is 10.4. The molecule has 0 radical (unpaired) electrons. The quantitative estimate of drug-likeness (QED) is 0.835. The van der Waals surface area contributed by atoms with Crippen molar-refractivity contribution in [3.05, 3.63) is 41.7 Å². The Hall–Kier alpha value is -1.74. The number of aromatic nitrogens is 1. The van der Waals surface area contributed by atoms with E-state index in [2.05, 4.69) is 4.98 Å². The minimum atomic E-state index is 0.609. The predicted octanol–water partition coefficient (Wildman–Crippen LogP) is 3.42. The summed E-state index contributed by atoms with van der Waals surface area (Å²) in [4.78, 5) is 4.05. The number of hydrogen-bond acceptors (Lipinski definition) is 3. The first-order valence-electron chi connectivity index (χ1n) is 5.07. The molecule has 1 heterocycles. The van der Waals surface area contributed by atoms with Crippen LogP contribution in [0.2, 0.25) is 5.02 Å². The standard InChI is InChI=1S/C13H12ClNO2/c1-16-12-4-3-9(6-13(12)17-2)10-5-11(14)8-15-7-10/h3-8H,1-2H3. The second kappa shape index (κ2) is 5.06. The van der Waals surface area contributed by atoms with Crippen LogP contribution in [0.3, 0.4) is 0 Å². The maximum Gasteiger partial charge on any atom is 0.161 e. The van der Waals surface area contributed by atoms with Crippen molar-refractivity contribution in [1.29, 1.82) is 0 Å². The number of nitrogens with zero attached hydrogens (tertiary/aromatic N) is 1. The van der Waals surface area contributed by atoms with Gasteiger partial charge in [0.25, 0.3) is 0 Å². The van der Waals surface area contributed by atoms with Crippen LogP contribution in [0.1, 0.15) is 0 Å². The molecular weight excluding hydrogens is 238 g/mol. The van der Waals surface area contributed by atoms with Gasteiger partial charge in [0, 0.05) is 18.0 Å². The summed E-state index contributed by atoms with van der Waals surface area (Å²) >= 11 is 5.91. The van der Waals surface area contributed by atoms with Gasteiger partial charge in [0.2, 0.25) is 0 Å². The van der Waals surface area contributed by atoms with E-state index in [0.29, 0.717) is 16.5 Å². The smallest absolute Gasteiger partial charge is 0.161 e. The van der Waals surface area contributed by atoms with Crippen LogP contribution in [-0.2, 0) is 0 Å². The lowest BCUT2D eigenvalue weighted by molar-refractivity contribution is 0.355. The fourth-order valence-corrected chi connectivity index (χ4v) is 1.76. The first-order valence-corrected chi connectivity index (χ1v) is 5.45. The molecule has 0 fully saturated rings. The van der Waals surface area contributed by atoms with Crippen molar-refractivity contribution in [3.8, 4) is 22.6 Å². The van der Waals surface area contributed by atoms with Crippen LogP contribution in [0, 0.1) is 0 Å². The summed E-state index contributed by atoms with van der Waals surface area (Å²) in [6.07, 6.45) is 3.36. The molecule has 0 unspecified atom stereocenters. The average molecular weight is 250 g/mol. The van der Waals surface area contributed by atoms with Gasteiger partial charge in [0.15, 0.2) is 11.5 Å². The van der Waals surface area contributed by atoms with E-state index in [1.54, 1.807) is 26.6 Å². The second-order valence-electron chi connectivity index (χ2n) is 3.46. The zero-order chi connectivity index (χ0) is 12.3. The van der Waals surface area contributed by atoms with E-state index in [-0.39, 0.29) is 0 Å². The molecule has 2 rings (SSSR count). The Labute approximate surface area is 105 Å². The summed E-state index contributed by atoms with van der Waals surface area (Å²) in [5.41, 5.74) is 1.93. The molecule has 0 aliphatic carbocycles. The molecule has 1 aromatic heterocycles. The maximum atomic E-state index is 5.91. The third-order valence-electron chi connectivity index (χ3n) is 2.42. The van der Waals surface area contributed by atoms with E-state index in [1.165, 1.54) is 0 Å². The van der Waals surface area contributed by atoms with Gasteiger partial charge in [0.1, 0.15) is 0 Å². The lowest BCUT2D eigenvalue weighted by atomic mass is 10.1. The Balaban J connectivity index is 2.46. The van der Waals surface area contributed by atoms with Crippen LogP contribution in [0.25, 0.3) is 11.1 Å². The zero-order valence-electron chi connectivity index (χ0n) is 9.61. The monoisotopic (exact) mass is 249 g/mol. The van der Waals surface area contributed by atoms with Gasteiger partial charge in [-0.25, -0.2) is 0 Å². The first-order chi connectivity index (χ1) is 8.24. The third-order valence-corrected chi connectivity index (χ3v) is 2.63. The molecule has 2 aromatic rings. The molecule has 0 saturated heterocycles. The molecule has 3 nitrogen and oxygen atoms in total. The number of pyridine rings is 1. The number of ether oxygens (including phenoxy) is 2. The van der Waals surface area contributed by atoms with E-state index < -0.39 is 0 Å². The van der Waals surface area contributed by atoms with Gasteiger partial charge in [-0.15, -0.1) is 0 Å². The third kappa shape index (κ3) is 2.50. The number of rotatable bonds is 3. The molecule has 88 valence electrons. The van der Waals surface area contributed by atoms with Crippen molar-refractivity contribution in [2.24, 2.45) is 0 Å². The lowest BCUT2D eigenvalue weighted by Crippen LogP contribution is -1.91.